The van der Waals surface area contributed by atoms with Crippen molar-refractivity contribution < 1.29 is 19.4 Å². The summed E-state index contributed by atoms with van der Waals surface area (Å²) in [6.45, 7) is 3.22. The highest BCUT2D eigenvalue weighted by Crippen LogP contribution is 2.47. The predicted molar refractivity (Wildman–Crippen MR) is 82.2 cm³/mol. The average Bonchev–Trinajstić information content (AvgIpc) is 2.99. The number of aliphatic carboxylic acids is 1. The summed E-state index contributed by atoms with van der Waals surface area (Å²) in [5.74, 6) is 1.34. The Morgan fingerprint density at radius 2 is 2.18 bits per heavy atom. The number of fused-ring (bicyclic) bond motifs is 2. The number of amides is 1. The summed E-state index contributed by atoms with van der Waals surface area (Å²) < 4.78 is 5.29. The molecule has 5 atom stereocenters. The molecule has 124 valence electrons. The van der Waals surface area contributed by atoms with Crippen molar-refractivity contribution in [2.75, 3.05) is 13.2 Å². The van der Waals surface area contributed by atoms with Crippen LogP contribution in [0.2, 0.25) is 0 Å². The van der Waals surface area contributed by atoms with Gasteiger partial charge in [0.1, 0.15) is 6.04 Å². The second-order valence-electron chi connectivity index (χ2n) is 6.45. The number of carboxylic acid groups (broad SMARTS) is 1. The summed E-state index contributed by atoms with van der Waals surface area (Å²) in [5, 5.41) is 11.3. The predicted octanol–water partition coefficient (Wildman–Crippen LogP) is 1.75. The number of hydrogen-bond acceptors (Lipinski definition) is 4. The third kappa shape index (κ3) is 4.22. The van der Waals surface area contributed by atoms with Crippen molar-refractivity contribution in [2.45, 2.75) is 38.6 Å². The summed E-state index contributed by atoms with van der Waals surface area (Å²) in [6, 6.07) is -0.820. The summed E-state index contributed by atoms with van der Waals surface area (Å²) >= 11 is 0. The Morgan fingerprint density at radius 3 is 2.77 bits per heavy atom. The van der Waals surface area contributed by atoms with Crippen LogP contribution >= 0.6 is 0 Å². The first-order valence-corrected chi connectivity index (χ1v) is 8.06. The lowest BCUT2D eigenvalue weighted by molar-refractivity contribution is -0.138. The van der Waals surface area contributed by atoms with Crippen LogP contribution in [0, 0.1) is 23.7 Å². The van der Waals surface area contributed by atoms with Gasteiger partial charge in [0.2, 0.25) is 0 Å². The second-order valence-corrected chi connectivity index (χ2v) is 6.45. The summed E-state index contributed by atoms with van der Waals surface area (Å²) in [7, 11) is 0. The van der Waals surface area contributed by atoms with Gasteiger partial charge in [0, 0.05) is 12.5 Å². The van der Waals surface area contributed by atoms with Crippen LogP contribution in [0.5, 0.6) is 0 Å². The van der Waals surface area contributed by atoms with E-state index in [1.165, 1.54) is 0 Å². The monoisotopic (exact) mass is 310 g/mol. The van der Waals surface area contributed by atoms with Crippen molar-refractivity contribution >= 4 is 12.1 Å². The Hall–Kier alpha value is -1.56. The molecule has 6 nitrogen and oxygen atoms in total. The van der Waals surface area contributed by atoms with Gasteiger partial charge < -0.3 is 20.9 Å². The molecule has 6 heteroatoms. The van der Waals surface area contributed by atoms with E-state index in [4.69, 9.17) is 15.6 Å². The van der Waals surface area contributed by atoms with Crippen LogP contribution in [0.15, 0.2) is 12.2 Å². The Balaban J connectivity index is 1.52. The van der Waals surface area contributed by atoms with Gasteiger partial charge in [-0.05, 0) is 43.4 Å². The Bertz CT molecular complexity index is 438. The Kier molecular flexibility index (Phi) is 5.83. The molecule has 0 aromatic rings. The van der Waals surface area contributed by atoms with Gasteiger partial charge in [-0.15, -0.1) is 0 Å². The standard InChI is InChI=1S/C16H26N2O4/c1-10-11-5-6-13(10)12(8-11)9-22-16(21)18-7-3-2-4-14(17)15(19)20/h5-6,10-14H,2-4,7-9,17H2,1H3,(H,18,21)(H,19,20)/t10-,11?,12?,13?,14+/m1/s1. The van der Waals surface area contributed by atoms with E-state index in [1.54, 1.807) is 0 Å². The molecule has 2 aliphatic rings. The maximum Gasteiger partial charge on any atom is 0.407 e. The Labute approximate surface area is 131 Å². The third-order valence-corrected chi connectivity index (χ3v) is 4.94. The lowest BCUT2D eigenvalue weighted by Gasteiger charge is -2.18. The number of carbonyl (C=O) groups is 2. The smallest absolute Gasteiger partial charge is 0.407 e. The minimum absolute atomic E-state index is 0.387. The van der Waals surface area contributed by atoms with Crippen molar-refractivity contribution in [3.05, 3.63) is 12.2 Å². The van der Waals surface area contributed by atoms with Gasteiger partial charge in [-0.2, -0.15) is 0 Å². The number of nitrogens with two attached hydrogens (primary N) is 1. The number of hydrogen-bond donors (Lipinski definition) is 3. The molecule has 0 aliphatic heterocycles. The van der Waals surface area contributed by atoms with E-state index in [1.807, 2.05) is 0 Å². The fourth-order valence-corrected chi connectivity index (χ4v) is 3.51. The fraction of sp³-hybridized carbons (Fsp3) is 0.750. The van der Waals surface area contributed by atoms with Gasteiger partial charge in [0.15, 0.2) is 0 Å². The van der Waals surface area contributed by atoms with Gasteiger partial charge in [0.25, 0.3) is 0 Å². The van der Waals surface area contributed by atoms with Crippen LogP contribution in [-0.2, 0) is 9.53 Å². The molecule has 4 N–H and O–H groups in total. The van der Waals surface area contributed by atoms with E-state index in [0.717, 1.165) is 6.42 Å². The lowest BCUT2D eigenvalue weighted by Crippen LogP contribution is -2.31. The number of nitrogens with one attached hydrogen (secondary N) is 1. The molecule has 2 rings (SSSR count). The van der Waals surface area contributed by atoms with Crippen molar-refractivity contribution in [2.24, 2.45) is 29.4 Å². The van der Waals surface area contributed by atoms with Crippen molar-refractivity contribution in [3.8, 4) is 0 Å². The quantitative estimate of drug-likeness (QED) is 0.468. The van der Waals surface area contributed by atoms with Crippen molar-refractivity contribution in [3.63, 3.8) is 0 Å². The third-order valence-electron chi connectivity index (χ3n) is 4.94. The first-order chi connectivity index (χ1) is 10.5. The van der Waals surface area contributed by atoms with Crippen LogP contribution < -0.4 is 11.1 Å². The van der Waals surface area contributed by atoms with E-state index < -0.39 is 12.0 Å². The minimum atomic E-state index is -0.985. The van der Waals surface area contributed by atoms with Crippen LogP contribution in [0.4, 0.5) is 4.79 Å². The molecule has 1 amide bonds. The van der Waals surface area contributed by atoms with Gasteiger partial charge >= 0.3 is 12.1 Å². The van der Waals surface area contributed by atoms with E-state index in [2.05, 4.69) is 24.4 Å². The average molecular weight is 310 g/mol. The Morgan fingerprint density at radius 1 is 1.41 bits per heavy atom. The van der Waals surface area contributed by atoms with E-state index in [9.17, 15) is 9.59 Å². The zero-order valence-corrected chi connectivity index (χ0v) is 13.0. The number of allylic oxidation sites excluding steroid dienone is 2. The molecule has 0 spiro atoms. The summed E-state index contributed by atoms with van der Waals surface area (Å²) in [4.78, 5) is 22.2. The maximum absolute atomic E-state index is 11.6. The zero-order valence-electron chi connectivity index (χ0n) is 13.0. The van der Waals surface area contributed by atoms with Crippen LogP contribution in [-0.4, -0.2) is 36.4 Å². The zero-order chi connectivity index (χ0) is 16.1. The normalized spacial score (nSPS) is 30.3. The maximum atomic E-state index is 11.6. The SMILES string of the molecule is C[C@@H]1C2C=CC1C(COC(=O)NCCCC[C@H](N)C(=O)O)C2. The first-order valence-electron chi connectivity index (χ1n) is 8.06. The number of unbranched alkanes of at least 4 members (excludes halogenated alkanes) is 1. The molecule has 0 aromatic carbocycles. The lowest BCUT2D eigenvalue weighted by atomic mass is 9.93. The number of ether oxygens (including phenoxy) is 1. The van der Waals surface area contributed by atoms with Gasteiger partial charge in [-0.3, -0.25) is 4.79 Å². The minimum Gasteiger partial charge on any atom is -0.480 e. The molecule has 2 bridgehead atoms. The van der Waals surface area contributed by atoms with Crippen molar-refractivity contribution in [1.29, 1.82) is 0 Å². The number of alkyl carbamates (subject to hydrolysis) is 1. The molecule has 0 radical (unpaired) electrons. The molecule has 1 saturated carbocycles. The largest absolute Gasteiger partial charge is 0.480 e. The number of rotatable bonds is 8. The molecule has 22 heavy (non-hydrogen) atoms. The van der Waals surface area contributed by atoms with E-state index in [-0.39, 0.29) is 6.09 Å². The molecule has 0 saturated heterocycles. The highest BCUT2D eigenvalue weighted by Gasteiger charge is 2.42. The van der Waals surface area contributed by atoms with Crippen molar-refractivity contribution in [1.82, 2.24) is 5.32 Å². The fourth-order valence-electron chi connectivity index (χ4n) is 3.51. The number of carboxylic acids is 1. The van der Waals surface area contributed by atoms with Crippen LogP contribution in [0.1, 0.15) is 32.6 Å². The topological polar surface area (TPSA) is 102 Å². The molecule has 1 fully saturated rings. The highest BCUT2D eigenvalue weighted by molar-refractivity contribution is 5.72. The summed E-state index contributed by atoms with van der Waals surface area (Å²) in [6.07, 6.45) is 7.06. The molecular formula is C16H26N2O4. The number of carbonyl (C=O) groups excluding carboxylic acids is 1. The molecular weight excluding hydrogens is 284 g/mol. The second kappa shape index (κ2) is 7.63. The molecule has 0 aromatic heterocycles. The van der Waals surface area contributed by atoms with E-state index in [0.29, 0.717) is 56.1 Å². The molecule has 2 aliphatic carbocycles. The van der Waals surface area contributed by atoms with Gasteiger partial charge in [-0.25, -0.2) is 4.79 Å². The molecule has 0 heterocycles. The van der Waals surface area contributed by atoms with Crippen LogP contribution in [0.25, 0.3) is 0 Å². The van der Waals surface area contributed by atoms with Gasteiger partial charge in [0.05, 0.1) is 6.61 Å². The van der Waals surface area contributed by atoms with Crippen LogP contribution in [0.3, 0.4) is 0 Å². The first kappa shape index (κ1) is 16.8. The highest BCUT2D eigenvalue weighted by atomic mass is 16.5. The van der Waals surface area contributed by atoms with E-state index >= 15 is 0 Å². The summed E-state index contributed by atoms with van der Waals surface area (Å²) in [5.41, 5.74) is 5.40. The van der Waals surface area contributed by atoms with Gasteiger partial charge in [-0.1, -0.05) is 19.1 Å². The molecule has 3 unspecified atom stereocenters.